The maximum Gasteiger partial charge on any atom is 0.307 e. The molecule has 9 heteroatoms. The highest BCUT2D eigenvalue weighted by Gasteiger charge is 2.72. The van der Waals surface area contributed by atoms with Gasteiger partial charge in [0.15, 0.2) is 5.16 Å². The van der Waals surface area contributed by atoms with E-state index in [2.05, 4.69) is 86.9 Å². The van der Waals surface area contributed by atoms with E-state index < -0.39 is 17.4 Å². The van der Waals surface area contributed by atoms with Crippen LogP contribution in [0.25, 0.3) is 0 Å². The Bertz CT molecular complexity index is 1440. The summed E-state index contributed by atoms with van der Waals surface area (Å²) in [4.78, 5) is 18.2. The molecule has 5 aliphatic rings. The summed E-state index contributed by atoms with van der Waals surface area (Å²) in [6.07, 6.45) is 9.96. The number of carbonyl (C=O) groups is 1. The van der Waals surface area contributed by atoms with Crippen LogP contribution in [0.15, 0.2) is 23.1 Å². The van der Waals surface area contributed by atoms with Gasteiger partial charge in [-0.25, -0.2) is 9.67 Å². The molecule has 3 saturated carbocycles. The van der Waals surface area contributed by atoms with Gasteiger partial charge in [-0.2, -0.15) is 5.10 Å². The lowest BCUT2D eigenvalue weighted by Crippen LogP contribution is -2.69. The number of hydrogen-bond acceptors (Lipinski definition) is 7. The first-order chi connectivity index (χ1) is 22.8. The van der Waals surface area contributed by atoms with Crippen molar-refractivity contribution in [3.05, 3.63) is 18.0 Å². The van der Waals surface area contributed by atoms with Crippen LogP contribution in [0, 0.1) is 62.6 Å². The zero-order valence-corrected chi connectivity index (χ0v) is 33.2. The van der Waals surface area contributed by atoms with Gasteiger partial charge in [0.05, 0.1) is 37.9 Å². The Morgan fingerprint density at radius 2 is 1.86 bits per heavy atom. The summed E-state index contributed by atoms with van der Waals surface area (Å²) in [5, 5.41) is 16.9. The quantitative estimate of drug-likeness (QED) is 0.186. The lowest BCUT2D eigenvalue weighted by molar-refractivity contribution is -0.253. The first-order valence-corrected chi connectivity index (χ1v) is 20.3. The van der Waals surface area contributed by atoms with E-state index in [1.807, 2.05) is 0 Å². The molecule has 3 N–H and O–H groups in total. The van der Waals surface area contributed by atoms with E-state index in [4.69, 9.17) is 25.3 Å². The molecule has 6 rings (SSSR count). The molecule has 4 aliphatic carbocycles. The number of allylic oxidation sites excluding steroid dienone is 1. The molecule has 276 valence electrons. The van der Waals surface area contributed by atoms with Crippen molar-refractivity contribution in [1.82, 2.24) is 14.8 Å². The van der Waals surface area contributed by atoms with E-state index in [0.29, 0.717) is 43.5 Å². The number of rotatable bonds is 10. The van der Waals surface area contributed by atoms with Crippen LogP contribution < -0.4 is 5.73 Å². The minimum absolute atomic E-state index is 0.0151. The van der Waals surface area contributed by atoms with Crippen molar-refractivity contribution in [1.29, 1.82) is 0 Å². The smallest absolute Gasteiger partial charge is 0.307 e. The van der Waals surface area contributed by atoms with Crippen LogP contribution in [-0.2, 0) is 14.3 Å². The van der Waals surface area contributed by atoms with Crippen molar-refractivity contribution in [2.75, 3.05) is 25.6 Å². The highest BCUT2D eigenvalue weighted by molar-refractivity contribution is 7.99. The highest BCUT2D eigenvalue weighted by atomic mass is 32.2. The second-order valence-corrected chi connectivity index (χ2v) is 20.2. The summed E-state index contributed by atoms with van der Waals surface area (Å²) < 4.78 is 16.0. The number of nitrogens with zero attached hydrogens (tertiary/aromatic N) is 3. The molecule has 1 aliphatic heterocycles. The predicted molar refractivity (Wildman–Crippen MR) is 196 cm³/mol. The van der Waals surface area contributed by atoms with Gasteiger partial charge in [-0.3, -0.25) is 4.79 Å². The van der Waals surface area contributed by atoms with Crippen molar-refractivity contribution in [3.8, 4) is 0 Å². The number of aliphatic carboxylic acids is 1. The summed E-state index contributed by atoms with van der Waals surface area (Å²) in [7, 11) is 0. The van der Waals surface area contributed by atoms with Crippen LogP contribution in [0.5, 0.6) is 0 Å². The number of nitrogens with two attached hydrogens (primary N) is 1. The number of carboxylic acid groups (broad SMARTS) is 1. The molecule has 12 atom stereocenters. The molecule has 2 heterocycles. The molecule has 2 bridgehead atoms. The van der Waals surface area contributed by atoms with E-state index in [9.17, 15) is 9.90 Å². The molecule has 0 spiro atoms. The lowest BCUT2D eigenvalue weighted by Gasteiger charge is -2.71. The SMILES string of the molecule is CCSc1ncnn1[C@@H]1C[C@@]23COCC(C)([C@H]1OC[C@](C)(N)C(C)C)[C@@H]2CC[C@H]1C3=CC[C@@]2(C)[C@H](C(=O)O)[C@@](C)([C@H](C)C(C)C)CC[C@]12C. The Kier molecular flexibility index (Phi) is 9.61. The second-order valence-electron chi connectivity index (χ2n) is 18.9. The van der Waals surface area contributed by atoms with E-state index in [1.165, 1.54) is 0 Å². The second kappa shape index (κ2) is 12.6. The molecule has 0 aromatic carbocycles. The molecule has 1 unspecified atom stereocenters. The van der Waals surface area contributed by atoms with Crippen LogP contribution in [-0.4, -0.2) is 63.1 Å². The van der Waals surface area contributed by atoms with Gasteiger partial charge in [-0.05, 0) is 97.0 Å². The Hall–Kier alpha value is -1.42. The van der Waals surface area contributed by atoms with E-state index >= 15 is 0 Å². The third kappa shape index (κ3) is 5.35. The van der Waals surface area contributed by atoms with E-state index in [0.717, 1.165) is 49.4 Å². The zero-order valence-electron chi connectivity index (χ0n) is 32.3. The van der Waals surface area contributed by atoms with Crippen LogP contribution in [0.3, 0.4) is 0 Å². The Labute approximate surface area is 300 Å². The monoisotopic (exact) mass is 698 g/mol. The van der Waals surface area contributed by atoms with E-state index in [-0.39, 0.29) is 45.1 Å². The van der Waals surface area contributed by atoms with Crippen LogP contribution >= 0.6 is 11.8 Å². The first kappa shape index (κ1) is 37.3. The standard InChI is InChI=1S/C40H66N4O4S/c1-12-49-34-42-23-43-44(34)29-19-40-22-47-20-36(8,32(29)48-21-39(11,41)25(4)5)30(40)14-13-27-28(40)15-16-38(10)31(33(45)46)35(7,26(6)24(2)3)17-18-37(27,38)9/h15,23-27,29-32H,12-14,16-22,41H2,1-11H3,(H,45,46)/t26-,27+,29-,30+,31-,32+,35-,36?,37-,38+,39+,40+/m1/s1. The average Bonchev–Trinajstić information content (AvgIpc) is 3.48. The zero-order chi connectivity index (χ0) is 35.9. The number of fused-ring (bicyclic) bond motifs is 3. The molecule has 4 fully saturated rings. The number of carboxylic acids is 1. The van der Waals surface area contributed by atoms with Gasteiger partial charge in [0, 0.05) is 16.4 Å². The maximum atomic E-state index is 13.5. The van der Waals surface area contributed by atoms with Crippen LogP contribution in [0.2, 0.25) is 0 Å². The van der Waals surface area contributed by atoms with Crippen molar-refractivity contribution in [2.24, 2.45) is 68.3 Å². The van der Waals surface area contributed by atoms with Gasteiger partial charge in [0.1, 0.15) is 6.33 Å². The summed E-state index contributed by atoms with van der Waals surface area (Å²) in [6.45, 7) is 26.7. The molecular formula is C40H66N4O4S. The Morgan fingerprint density at radius 3 is 2.49 bits per heavy atom. The molecule has 1 aromatic heterocycles. The normalized spacial score (nSPS) is 43.6. The number of aromatic nitrogens is 3. The topological polar surface area (TPSA) is 112 Å². The molecule has 0 amide bonds. The summed E-state index contributed by atoms with van der Waals surface area (Å²) >= 11 is 1.74. The number of hydrogen-bond donors (Lipinski definition) is 2. The van der Waals surface area contributed by atoms with Crippen LogP contribution in [0.1, 0.15) is 121 Å². The molecule has 8 nitrogen and oxygen atoms in total. The summed E-state index contributed by atoms with van der Waals surface area (Å²) in [6, 6.07) is -0.0151. The number of thioether (sulfide) groups is 1. The molecule has 0 radical (unpaired) electrons. The minimum Gasteiger partial charge on any atom is -0.481 e. The van der Waals surface area contributed by atoms with Crippen LogP contribution in [0.4, 0.5) is 0 Å². The molecule has 1 saturated heterocycles. The fourth-order valence-electron chi connectivity index (χ4n) is 12.3. The summed E-state index contributed by atoms with van der Waals surface area (Å²) in [5.41, 5.74) is 6.79. The molecule has 49 heavy (non-hydrogen) atoms. The fraction of sp³-hybridized carbons (Fsp3) is 0.875. The van der Waals surface area contributed by atoms with Crippen molar-refractivity contribution >= 4 is 17.7 Å². The highest BCUT2D eigenvalue weighted by Crippen LogP contribution is 2.75. The van der Waals surface area contributed by atoms with E-state index in [1.54, 1.807) is 23.7 Å². The largest absolute Gasteiger partial charge is 0.481 e. The Morgan fingerprint density at radius 1 is 1.14 bits per heavy atom. The fourth-order valence-corrected chi connectivity index (χ4v) is 13.0. The van der Waals surface area contributed by atoms with Gasteiger partial charge >= 0.3 is 5.97 Å². The van der Waals surface area contributed by atoms with Crippen molar-refractivity contribution < 1.29 is 19.4 Å². The third-order valence-electron chi connectivity index (χ3n) is 16.1. The average molecular weight is 699 g/mol. The van der Waals surface area contributed by atoms with Gasteiger partial charge in [0.25, 0.3) is 0 Å². The Balaban J connectivity index is 1.46. The van der Waals surface area contributed by atoms with Crippen molar-refractivity contribution in [2.45, 2.75) is 138 Å². The maximum absolute atomic E-state index is 13.5. The first-order valence-electron chi connectivity index (χ1n) is 19.3. The van der Waals surface area contributed by atoms with Crippen molar-refractivity contribution in [3.63, 3.8) is 0 Å². The molecule has 1 aromatic rings. The van der Waals surface area contributed by atoms with Gasteiger partial charge in [-0.15, -0.1) is 0 Å². The predicted octanol–water partition coefficient (Wildman–Crippen LogP) is 8.28. The summed E-state index contributed by atoms with van der Waals surface area (Å²) in [5.74, 6) is 1.65. The molecular weight excluding hydrogens is 633 g/mol. The number of ether oxygens (including phenoxy) is 2. The minimum atomic E-state index is -0.612. The van der Waals surface area contributed by atoms with Gasteiger partial charge in [0.2, 0.25) is 0 Å². The lowest BCUT2D eigenvalue weighted by atomic mass is 9.34. The third-order valence-corrected chi connectivity index (χ3v) is 16.9. The van der Waals surface area contributed by atoms with Gasteiger partial charge in [-0.1, -0.05) is 92.6 Å². The van der Waals surface area contributed by atoms with Gasteiger partial charge < -0.3 is 20.3 Å².